The monoisotopic (exact) mass is 290 g/mol. The Morgan fingerprint density at radius 1 is 1.48 bits per heavy atom. The molecule has 1 aliphatic rings. The minimum absolute atomic E-state index is 0.247. The number of hydrogen-bond acceptors (Lipinski definition) is 6. The molecule has 0 amide bonds. The lowest BCUT2D eigenvalue weighted by Crippen LogP contribution is -2.25. The fourth-order valence-corrected chi connectivity index (χ4v) is 2.93. The van der Waals surface area contributed by atoms with Crippen molar-refractivity contribution in [3.63, 3.8) is 0 Å². The van der Waals surface area contributed by atoms with E-state index >= 15 is 0 Å². The van der Waals surface area contributed by atoms with Crippen LogP contribution in [0.3, 0.4) is 0 Å². The van der Waals surface area contributed by atoms with Crippen LogP contribution in [-0.2, 0) is 13.6 Å². The fraction of sp³-hybridized carbons (Fsp3) is 0.643. The molecule has 2 atom stereocenters. The van der Waals surface area contributed by atoms with E-state index in [9.17, 15) is 5.11 Å². The van der Waals surface area contributed by atoms with Gasteiger partial charge in [0.1, 0.15) is 11.6 Å². The summed E-state index contributed by atoms with van der Waals surface area (Å²) in [5.74, 6) is 1.96. The number of rotatable bonds is 4. The third kappa shape index (κ3) is 2.71. The van der Waals surface area contributed by atoms with Gasteiger partial charge in [0, 0.05) is 20.6 Å². The van der Waals surface area contributed by atoms with Crippen molar-refractivity contribution in [2.24, 2.45) is 13.0 Å². The second-order valence-corrected chi connectivity index (χ2v) is 5.77. The molecule has 1 fully saturated rings. The zero-order valence-electron chi connectivity index (χ0n) is 12.7. The SMILES string of the molecule is CNc1nc(CN2CCC(C(C)O)C2)nc2c1cnn2C. The van der Waals surface area contributed by atoms with Gasteiger partial charge in [-0.3, -0.25) is 9.58 Å². The molecule has 2 aromatic heterocycles. The molecule has 21 heavy (non-hydrogen) atoms. The number of aryl methyl sites for hydroxylation is 1. The van der Waals surface area contributed by atoms with Crippen molar-refractivity contribution in [3.05, 3.63) is 12.0 Å². The topological polar surface area (TPSA) is 79.1 Å². The molecule has 114 valence electrons. The molecule has 0 saturated carbocycles. The Kier molecular flexibility index (Phi) is 3.77. The second kappa shape index (κ2) is 5.57. The van der Waals surface area contributed by atoms with Crippen molar-refractivity contribution < 1.29 is 5.11 Å². The zero-order valence-corrected chi connectivity index (χ0v) is 12.7. The summed E-state index contributed by atoms with van der Waals surface area (Å²) in [7, 11) is 3.75. The van der Waals surface area contributed by atoms with E-state index in [1.165, 1.54) is 0 Å². The molecule has 2 aromatic rings. The van der Waals surface area contributed by atoms with E-state index in [-0.39, 0.29) is 6.10 Å². The number of nitrogens with zero attached hydrogens (tertiary/aromatic N) is 5. The summed E-state index contributed by atoms with van der Waals surface area (Å²) >= 11 is 0. The third-order valence-electron chi connectivity index (χ3n) is 4.23. The molecular weight excluding hydrogens is 268 g/mol. The smallest absolute Gasteiger partial charge is 0.163 e. The van der Waals surface area contributed by atoms with Gasteiger partial charge in [0.05, 0.1) is 24.2 Å². The molecule has 0 aromatic carbocycles. The molecular formula is C14H22N6O. The molecule has 0 bridgehead atoms. The minimum atomic E-state index is -0.247. The van der Waals surface area contributed by atoms with Crippen molar-refractivity contribution in [1.29, 1.82) is 0 Å². The van der Waals surface area contributed by atoms with Crippen LogP contribution in [0.4, 0.5) is 5.82 Å². The van der Waals surface area contributed by atoms with Crippen LogP contribution < -0.4 is 5.32 Å². The number of aromatic nitrogens is 4. The van der Waals surface area contributed by atoms with E-state index in [0.717, 1.165) is 42.2 Å². The molecule has 0 aliphatic carbocycles. The standard InChI is InChI=1S/C14H22N6O/c1-9(21)10-4-5-20(7-10)8-12-17-13(15-2)11-6-16-19(3)14(11)18-12/h6,9-10,21H,4-5,7-8H2,1-3H3,(H,15,17,18). The number of likely N-dealkylation sites (tertiary alicyclic amines) is 1. The van der Waals surface area contributed by atoms with Gasteiger partial charge in [-0.25, -0.2) is 9.97 Å². The van der Waals surface area contributed by atoms with E-state index in [4.69, 9.17) is 0 Å². The number of aliphatic hydroxyl groups excluding tert-OH is 1. The predicted octanol–water partition coefficient (Wildman–Crippen LogP) is 0.608. The lowest BCUT2D eigenvalue weighted by Gasteiger charge is -2.17. The van der Waals surface area contributed by atoms with Gasteiger partial charge in [0.25, 0.3) is 0 Å². The summed E-state index contributed by atoms with van der Waals surface area (Å²) in [6.07, 6.45) is 2.57. The molecule has 1 aliphatic heterocycles. The Bertz CT molecular complexity index is 638. The first-order valence-corrected chi connectivity index (χ1v) is 7.35. The molecule has 3 rings (SSSR count). The highest BCUT2D eigenvalue weighted by atomic mass is 16.3. The van der Waals surface area contributed by atoms with Gasteiger partial charge in [-0.2, -0.15) is 5.10 Å². The lowest BCUT2D eigenvalue weighted by atomic mass is 10.0. The van der Waals surface area contributed by atoms with Crippen LogP contribution in [0.2, 0.25) is 0 Å². The number of aliphatic hydroxyl groups is 1. The van der Waals surface area contributed by atoms with Crippen LogP contribution >= 0.6 is 0 Å². The van der Waals surface area contributed by atoms with Crippen LogP contribution in [0.1, 0.15) is 19.2 Å². The van der Waals surface area contributed by atoms with Crippen molar-refractivity contribution in [2.75, 3.05) is 25.5 Å². The summed E-state index contributed by atoms with van der Waals surface area (Å²) in [5.41, 5.74) is 0.843. The van der Waals surface area contributed by atoms with Crippen LogP contribution in [0.15, 0.2) is 6.20 Å². The molecule has 7 nitrogen and oxygen atoms in total. The first-order valence-electron chi connectivity index (χ1n) is 7.35. The maximum absolute atomic E-state index is 9.69. The largest absolute Gasteiger partial charge is 0.393 e. The fourth-order valence-electron chi connectivity index (χ4n) is 2.93. The van der Waals surface area contributed by atoms with Crippen molar-refractivity contribution in [2.45, 2.75) is 26.0 Å². The van der Waals surface area contributed by atoms with Gasteiger partial charge in [-0.1, -0.05) is 0 Å². The van der Waals surface area contributed by atoms with Crippen LogP contribution in [0.25, 0.3) is 11.0 Å². The van der Waals surface area contributed by atoms with Crippen LogP contribution in [0.5, 0.6) is 0 Å². The number of fused-ring (bicyclic) bond motifs is 1. The number of anilines is 1. The summed E-state index contributed by atoms with van der Waals surface area (Å²) in [5, 5.41) is 18.0. The predicted molar refractivity (Wildman–Crippen MR) is 80.9 cm³/mol. The quantitative estimate of drug-likeness (QED) is 0.859. The second-order valence-electron chi connectivity index (χ2n) is 5.77. The Balaban J connectivity index is 1.83. The minimum Gasteiger partial charge on any atom is -0.393 e. The normalized spacial score (nSPS) is 21.0. The number of nitrogens with one attached hydrogen (secondary N) is 1. The van der Waals surface area contributed by atoms with Gasteiger partial charge in [-0.15, -0.1) is 0 Å². The van der Waals surface area contributed by atoms with Crippen molar-refractivity contribution in [1.82, 2.24) is 24.6 Å². The summed E-state index contributed by atoms with van der Waals surface area (Å²) in [4.78, 5) is 11.5. The van der Waals surface area contributed by atoms with E-state index in [0.29, 0.717) is 12.5 Å². The van der Waals surface area contributed by atoms with Gasteiger partial charge in [0.2, 0.25) is 0 Å². The highest BCUT2D eigenvalue weighted by molar-refractivity contribution is 5.86. The average molecular weight is 290 g/mol. The lowest BCUT2D eigenvalue weighted by molar-refractivity contribution is 0.127. The summed E-state index contributed by atoms with van der Waals surface area (Å²) in [6.45, 7) is 4.46. The van der Waals surface area contributed by atoms with Crippen LogP contribution in [0, 0.1) is 5.92 Å². The Morgan fingerprint density at radius 2 is 2.29 bits per heavy atom. The molecule has 3 heterocycles. The van der Waals surface area contributed by atoms with Gasteiger partial charge in [-0.05, 0) is 25.8 Å². The van der Waals surface area contributed by atoms with Gasteiger partial charge in [0.15, 0.2) is 5.65 Å². The zero-order chi connectivity index (χ0) is 15.0. The van der Waals surface area contributed by atoms with E-state index in [1.54, 1.807) is 10.9 Å². The van der Waals surface area contributed by atoms with Gasteiger partial charge < -0.3 is 10.4 Å². The highest BCUT2D eigenvalue weighted by Gasteiger charge is 2.26. The van der Waals surface area contributed by atoms with E-state index in [2.05, 4.69) is 25.3 Å². The molecule has 1 saturated heterocycles. The average Bonchev–Trinajstić information content (AvgIpc) is 3.06. The number of hydrogen-bond donors (Lipinski definition) is 2. The molecule has 0 spiro atoms. The maximum atomic E-state index is 9.69. The molecule has 2 N–H and O–H groups in total. The Hall–Kier alpha value is -1.73. The molecule has 0 radical (unpaired) electrons. The van der Waals surface area contributed by atoms with Crippen molar-refractivity contribution >= 4 is 16.9 Å². The van der Waals surface area contributed by atoms with Crippen molar-refractivity contribution in [3.8, 4) is 0 Å². The molecule has 7 heteroatoms. The van der Waals surface area contributed by atoms with E-state index in [1.807, 2.05) is 21.0 Å². The Labute approximate surface area is 124 Å². The first-order chi connectivity index (χ1) is 10.1. The first kappa shape index (κ1) is 14.2. The van der Waals surface area contributed by atoms with Crippen LogP contribution in [-0.4, -0.2) is 56.0 Å². The third-order valence-corrected chi connectivity index (χ3v) is 4.23. The highest BCUT2D eigenvalue weighted by Crippen LogP contribution is 2.23. The summed E-state index contributed by atoms with van der Waals surface area (Å²) in [6, 6.07) is 0. The van der Waals surface area contributed by atoms with E-state index < -0.39 is 0 Å². The molecule has 2 unspecified atom stereocenters. The van der Waals surface area contributed by atoms with Gasteiger partial charge >= 0.3 is 0 Å². The maximum Gasteiger partial charge on any atom is 0.163 e. The summed E-state index contributed by atoms with van der Waals surface area (Å²) < 4.78 is 1.77. The Morgan fingerprint density at radius 3 is 2.95 bits per heavy atom.